The Hall–Kier alpha value is -2.60. The van der Waals surface area contributed by atoms with Crippen molar-refractivity contribution in [3.05, 3.63) is 47.5 Å². The van der Waals surface area contributed by atoms with Crippen molar-refractivity contribution in [3.63, 3.8) is 0 Å². The molecule has 0 atom stereocenters. The molecule has 0 aromatic heterocycles. The number of nitrogens with zero attached hydrogens (tertiary/aromatic N) is 2. The van der Waals surface area contributed by atoms with E-state index in [4.69, 9.17) is 21.1 Å². The number of carbonyl (C=O) groups excluding carboxylic acids is 1. The van der Waals surface area contributed by atoms with E-state index in [9.17, 15) is 4.79 Å². The monoisotopic (exact) mass is 373 g/mol. The number of hydrogen-bond acceptors (Lipinski definition) is 5. The average molecular weight is 374 g/mol. The van der Waals surface area contributed by atoms with Crippen LogP contribution in [0.25, 0.3) is 0 Å². The first-order valence-corrected chi connectivity index (χ1v) is 8.99. The molecule has 1 saturated heterocycles. The lowest BCUT2D eigenvalue weighted by molar-refractivity contribution is -0.129. The van der Waals surface area contributed by atoms with Crippen molar-refractivity contribution in [2.24, 2.45) is 0 Å². The molecule has 0 aliphatic carbocycles. The molecule has 1 N–H and O–H groups in total. The van der Waals surface area contributed by atoms with Gasteiger partial charge in [-0.2, -0.15) is 0 Å². The molecule has 0 bridgehead atoms. The van der Waals surface area contributed by atoms with E-state index in [0.717, 1.165) is 35.2 Å². The number of hydrogen-bond donors (Lipinski definition) is 1. The van der Waals surface area contributed by atoms with Crippen LogP contribution in [0.5, 0.6) is 11.5 Å². The highest BCUT2D eigenvalue weighted by molar-refractivity contribution is 6.30. The van der Waals surface area contributed by atoms with Crippen molar-refractivity contribution in [1.82, 2.24) is 4.90 Å². The Bertz CT molecular complexity index is 806. The van der Waals surface area contributed by atoms with Crippen molar-refractivity contribution in [3.8, 4) is 11.5 Å². The first-order chi connectivity index (χ1) is 12.7. The molecule has 2 heterocycles. The molecule has 0 unspecified atom stereocenters. The average Bonchev–Trinajstić information content (AvgIpc) is 3.14. The summed E-state index contributed by atoms with van der Waals surface area (Å²) in [5, 5.41) is 3.89. The lowest BCUT2D eigenvalue weighted by atomic mass is 10.2. The van der Waals surface area contributed by atoms with Gasteiger partial charge in [-0.05, 0) is 30.3 Å². The maximum Gasteiger partial charge on any atom is 0.241 e. The second-order valence-corrected chi connectivity index (χ2v) is 6.71. The Morgan fingerprint density at radius 2 is 1.85 bits per heavy atom. The Morgan fingerprint density at radius 3 is 2.65 bits per heavy atom. The zero-order chi connectivity index (χ0) is 17.9. The molecule has 2 aliphatic rings. The quantitative estimate of drug-likeness (QED) is 0.893. The highest BCUT2D eigenvalue weighted by Gasteiger charge is 2.21. The Labute approximate surface area is 157 Å². The van der Waals surface area contributed by atoms with Gasteiger partial charge in [-0.25, -0.2) is 0 Å². The van der Waals surface area contributed by atoms with Gasteiger partial charge in [0.2, 0.25) is 12.7 Å². The molecule has 2 aromatic carbocycles. The molecule has 26 heavy (non-hydrogen) atoms. The molecule has 1 amide bonds. The zero-order valence-electron chi connectivity index (χ0n) is 14.3. The van der Waals surface area contributed by atoms with E-state index in [1.165, 1.54) is 0 Å². The van der Waals surface area contributed by atoms with Gasteiger partial charge < -0.3 is 24.6 Å². The fraction of sp³-hybridized carbons (Fsp3) is 0.316. The summed E-state index contributed by atoms with van der Waals surface area (Å²) in [5.41, 5.74) is 1.95. The van der Waals surface area contributed by atoms with Crippen molar-refractivity contribution in [2.45, 2.75) is 0 Å². The molecule has 4 rings (SSSR count). The minimum absolute atomic E-state index is 0.0911. The van der Waals surface area contributed by atoms with Crippen molar-refractivity contribution in [2.75, 3.05) is 49.7 Å². The number of ether oxygens (including phenoxy) is 2. The van der Waals surface area contributed by atoms with Crippen LogP contribution < -0.4 is 19.7 Å². The summed E-state index contributed by atoms with van der Waals surface area (Å²) >= 11 is 6.06. The van der Waals surface area contributed by atoms with Gasteiger partial charge in [-0.1, -0.05) is 17.7 Å². The number of benzene rings is 2. The van der Waals surface area contributed by atoms with Gasteiger partial charge in [0.15, 0.2) is 11.5 Å². The molecule has 0 saturated carbocycles. The maximum atomic E-state index is 12.5. The smallest absolute Gasteiger partial charge is 0.241 e. The third-order valence-corrected chi connectivity index (χ3v) is 4.86. The summed E-state index contributed by atoms with van der Waals surface area (Å²) in [4.78, 5) is 16.6. The van der Waals surface area contributed by atoms with Crippen LogP contribution in [-0.2, 0) is 4.79 Å². The van der Waals surface area contributed by atoms with Crippen molar-refractivity contribution in [1.29, 1.82) is 0 Å². The van der Waals surface area contributed by atoms with Crippen LogP contribution in [0.3, 0.4) is 0 Å². The van der Waals surface area contributed by atoms with Gasteiger partial charge in [-0.15, -0.1) is 0 Å². The number of fused-ring (bicyclic) bond motifs is 1. The second kappa shape index (κ2) is 7.33. The number of nitrogens with one attached hydrogen (secondary N) is 1. The molecule has 0 radical (unpaired) electrons. The van der Waals surface area contributed by atoms with E-state index >= 15 is 0 Å². The van der Waals surface area contributed by atoms with Crippen LogP contribution >= 0.6 is 11.6 Å². The SMILES string of the molecule is O=C(CNc1ccc2c(c1)OCO2)N1CCN(c2cccc(Cl)c2)CC1. The van der Waals surface area contributed by atoms with Gasteiger partial charge in [0.25, 0.3) is 0 Å². The highest BCUT2D eigenvalue weighted by atomic mass is 35.5. The summed E-state index contributed by atoms with van der Waals surface area (Å²) < 4.78 is 10.6. The fourth-order valence-electron chi connectivity index (χ4n) is 3.18. The van der Waals surface area contributed by atoms with Crippen LogP contribution in [0.4, 0.5) is 11.4 Å². The van der Waals surface area contributed by atoms with Crippen LogP contribution in [0.15, 0.2) is 42.5 Å². The number of halogens is 1. The predicted octanol–water partition coefficient (Wildman–Crippen LogP) is 2.83. The number of anilines is 2. The first-order valence-electron chi connectivity index (χ1n) is 8.61. The largest absolute Gasteiger partial charge is 0.454 e. The van der Waals surface area contributed by atoms with E-state index in [-0.39, 0.29) is 19.2 Å². The Morgan fingerprint density at radius 1 is 1.04 bits per heavy atom. The molecule has 2 aromatic rings. The minimum Gasteiger partial charge on any atom is -0.454 e. The van der Waals surface area contributed by atoms with Crippen LogP contribution in [0, 0.1) is 0 Å². The molecule has 2 aliphatic heterocycles. The zero-order valence-corrected chi connectivity index (χ0v) is 15.0. The van der Waals surface area contributed by atoms with Gasteiger partial charge in [0, 0.05) is 48.6 Å². The van der Waals surface area contributed by atoms with Gasteiger partial charge >= 0.3 is 0 Å². The molecule has 0 spiro atoms. The molecule has 6 nitrogen and oxygen atoms in total. The topological polar surface area (TPSA) is 54.0 Å². The predicted molar refractivity (Wildman–Crippen MR) is 101 cm³/mol. The summed E-state index contributed by atoms with van der Waals surface area (Å²) in [5.74, 6) is 1.53. The standard InChI is InChI=1S/C19H20ClN3O3/c20-14-2-1-3-16(10-14)22-6-8-23(9-7-22)19(24)12-21-15-4-5-17-18(11-15)26-13-25-17/h1-5,10-11,21H,6-9,12-13H2. The lowest BCUT2D eigenvalue weighted by Crippen LogP contribution is -2.50. The summed E-state index contributed by atoms with van der Waals surface area (Å²) in [6.45, 7) is 3.51. The van der Waals surface area contributed by atoms with E-state index in [1.54, 1.807) is 0 Å². The van der Waals surface area contributed by atoms with E-state index in [1.807, 2.05) is 47.4 Å². The van der Waals surface area contributed by atoms with Gasteiger partial charge in [0.05, 0.1) is 6.54 Å². The van der Waals surface area contributed by atoms with Gasteiger partial charge in [0.1, 0.15) is 0 Å². The van der Waals surface area contributed by atoms with E-state index in [2.05, 4.69) is 10.2 Å². The molecule has 7 heteroatoms. The van der Waals surface area contributed by atoms with Crippen molar-refractivity contribution >= 4 is 28.9 Å². The normalized spacial score (nSPS) is 15.9. The molecular weight excluding hydrogens is 354 g/mol. The molecule has 1 fully saturated rings. The number of rotatable bonds is 4. The lowest BCUT2D eigenvalue weighted by Gasteiger charge is -2.36. The summed E-state index contributed by atoms with van der Waals surface area (Å²) in [7, 11) is 0. The maximum absolute atomic E-state index is 12.5. The Kier molecular flexibility index (Phi) is 4.75. The summed E-state index contributed by atoms with van der Waals surface area (Å²) in [6, 6.07) is 13.4. The number of carbonyl (C=O) groups is 1. The van der Waals surface area contributed by atoms with Crippen LogP contribution in [0.1, 0.15) is 0 Å². The summed E-state index contributed by atoms with van der Waals surface area (Å²) in [6.07, 6.45) is 0. The second-order valence-electron chi connectivity index (χ2n) is 6.27. The fourth-order valence-corrected chi connectivity index (χ4v) is 3.37. The van der Waals surface area contributed by atoms with Gasteiger partial charge in [-0.3, -0.25) is 4.79 Å². The molecule has 136 valence electrons. The minimum atomic E-state index is 0.0911. The molecular formula is C19H20ClN3O3. The third kappa shape index (κ3) is 3.65. The van der Waals surface area contributed by atoms with Crippen LogP contribution in [0.2, 0.25) is 5.02 Å². The van der Waals surface area contributed by atoms with E-state index in [0.29, 0.717) is 18.8 Å². The number of piperazine rings is 1. The highest BCUT2D eigenvalue weighted by Crippen LogP contribution is 2.34. The third-order valence-electron chi connectivity index (χ3n) is 4.62. The van der Waals surface area contributed by atoms with Crippen LogP contribution in [-0.4, -0.2) is 50.3 Å². The van der Waals surface area contributed by atoms with Crippen molar-refractivity contribution < 1.29 is 14.3 Å². The van der Waals surface area contributed by atoms with E-state index < -0.39 is 0 Å². The Balaban J connectivity index is 1.28. The first kappa shape index (κ1) is 16.8. The number of amides is 1.